The van der Waals surface area contributed by atoms with Crippen LogP contribution in [0.2, 0.25) is 0 Å². The van der Waals surface area contributed by atoms with Crippen molar-refractivity contribution in [3.8, 4) is 0 Å². The number of hydrogen-bond donors (Lipinski definition) is 3. The van der Waals surface area contributed by atoms with Gasteiger partial charge in [0.05, 0.1) is 22.5 Å². The molecule has 1 rings (SSSR count). The SMILES string of the molecule is CC(C)(O)C(C)(C)Nc1ccccc1N. The van der Waals surface area contributed by atoms with Gasteiger partial charge in [0.1, 0.15) is 0 Å². The molecule has 0 spiro atoms. The molecule has 0 radical (unpaired) electrons. The van der Waals surface area contributed by atoms with Gasteiger partial charge >= 0.3 is 0 Å². The number of anilines is 2. The first-order valence-corrected chi connectivity index (χ1v) is 5.09. The zero-order valence-electron chi connectivity index (χ0n) is 9.83. The summed E-state index contributed by atoms with van der Waals surface area (Å²) >= 11 is 0. The summed E-state index contributed by atoms with van der Waals surface area (Å²) in [5, 5.41) is 13.2. The Balaban J connectivity index is 2.92. The molecule has 0 heterocycles. The lowest BCUT2D eigenvalue weighted by Gasteiger charge is -2.39. The number of aliphatic hydroxyl groups is 1. The van der Waals surface area contributed by atoms with E-state index in [9.17, 15) is 5.11 Å². The zero-order chi connectivity index (χ0) is 11.7. The molecule has 0 aliphatic rings. The third-order valence-electron chi connectivity index (χ3n) is 2.94. The van der Waals surface area contributed by atoms with Crippen molar-refractivity contribution in [3.05, 3.63) is 24.3 Å². The standard InChI is InChI=1S/C12H20N2O/c1-11(2,12(3,4)15)14-10-8-6-5-7-9(10)13/h5-8,14-15H,13H2,1-4H3. The first-order valence-electron chi connectivity index (χ1n) is 5.09. The van der Waals surface area contributed by atoms with Crippen LogP contribution in [0.3, 0.4) is 0 Å². The Kier molecular flexibility index (Phi) is 2.95. The molecule has 3 nitrogen and oxygen atoms in total. The van der Waals surface area contributed by atoms with Gasteiger partial charge in [-0.25, -0.2) is 0 Å². The van der Waals surface area contributed by atoms with Gasteiger partial charge in [0, 0.05) is 0 Å². The van der Waals surface area contributed by atoms with E-state index in [0.29, 0.717) is 5.69 Å². The van der Waals surface area contributed by atoms with Gasteiger partial charge in [-0.1, -0.05) is 12.1 Å². The van der Waals surface area contributed by atoms with Crippen LogP contribution in [0.25, 0.3) is 0 Å². The van der Waals surface area contributed by atoms with Gasteiger partial charge in [-0.15, -0.1) is 0 Å². The smallest absolute Gasteiger partial charge is 0.0814 e. The molecule has 0 saturated heterocycles. The van der Waals surface area contributed by atoms with Crippen LogP contribution in [0.4, 0.5) is 11.4 Å². The number of nitrogen functional groups attached to an aromatic ring is 1. The average Bonchev–Trinajstić information content (AvgIpc) is 2.06. The minimum atomic E-state index is -0.824. The van der Waals surface area contributed by atoms with Gasteiger partial charge in [0.2, 0.25) is 0 Å². The van der Waals surface area contributed by atoms with E-state index in [1.807, 2.05) is 38.1 Å². The van der Waals surface area contributed by atoms with Crippen molar-refractivity contribution in [1.82, 2.24) is 0 Å². The maximum Gasteiger partial charge on any atom is 0.0814 e. The van der Waals surface area contributed by atoms with Crippen molar-refractivity contribution < 1.29 is 5.11 Å². The molecule has 0 saturated carbocycles. The number of hydrogen-bond acceptors (Lipinski definition) is 3. The molecule has 3 heteroatoms. The Hall–Kier alpha value is -1.22. The highest BCUT2D eigenvalue weighted by Crippen LogP contribution is 2.28. The van der Waals surface area contributed by atoms with Crippen LogP contribution < -0.4 is 11.1 Å². The van der Waals surface area contributed by atoms with Crippen molar-refractivity contribution in [2.45, 2.75) is 38.8 Å². The second-order valence-electron chi connectivity index (χ2n) is 4.90. The lowest BCUT2D eigenvalue weighted by atomic mass is 9.85. The number of benzene rings is 1. The molecule has 0 aliphatic heterocycles. The molecular formula is C12H20N2O. The molecule has 1 aromatic rings. The van der Waals surface area contributed by atoms with E-state index in [4.69, 9.17) is 5.73 Å². The van der Waals surface area contributed by atoms with Gasteiger partial charge in [-0.3, -0.25) is 0 Å². The summed E-state index contributed by atoms with van der Waals surface area (Å²) in [5.41, 5.74) is 6.10. The van der Waals surface area contributed by atoms with Crippen molar-refractivity contribution in [2.75, 3.05) is 11.1 Å². The quantitative estimate of drug-likeness (QED) is 0.668. The van der Waals surface area contributed by atoms with E-state index in [2.05, 4.69) is 5.32 Å². The van der Waals surface area contributed by atoms with E-state index in [0.717, 1.165) is 5.69 Å². The fraction of sp³-hybridized carbons (Fsp3) is 0.500. The number of nitrogens with two attached hydrogens (primary N) is 1. The minimum absolute atomic E-state index is 0.442. The average molecular weight is 208 g/mol. The van der Waals surface area contributed by atoms with Crippen LogP contribution in [-0.2, 0) is 0 Å². The molecule has 0 amide bonds. The maximum atomic E-state index is 9.99. The van der Waals surface area contributed by atoms with Gasteiger partial charge in [-0.2, -0.15) is 0 Å². The number of para-hydroxylation sites is 2. The Morgan fingerprint density at radius 3 is 2.13 bits per heavy atom. The lowest BCUT2D eigenvalue weighted by Crippen LogP contribution is -2.51. The largest absolute Gasteiger partial charge is 0.397 e. The summed E-state index contributed by atoms with van der Waals surface area (Å²) in [5.74, 6) is 0. The second kappa shape index (κ2) is 3.74. The lowest BCUT2D eigenvalue weighted by molar-refractivity contribution is 0.0241. The number of rotatable bonds is 3. The molecule has 0 bridgehead atoms. The van der Waals surface area contributed by atoms with Crippen molar-refractivity contribution in [1.29, 1.82) is 0 Å². The predicted molar refractivity (Wildman–Crippen MR) is 64.9 cm³/mol. The van der Waals surface area contributed by atoms with Crippen LogP contribution >= 0.6 is 0 Å². The van der Waals surface area contributed by atoms with Gasteiger partial charge in [0.25, 0.3) is 0 Å². The monoisotopic (exact) mass is 208 g/mol. The minimum Gasteiger partial charge on any atom is -0.397 e. The summed E-state index contributed by atoms with van der Waals surface area (Å²) < 4.78 is 0. The summed E-state index contributed by atoms with van der Waals surface area (Å²) in [6, 6.07) is 7.54. The van der Waals surface area contributed by atoms with E-state index < -0.39 is 11.1 Å². The van der Waals surface area contributed by atoms with Gasteiger partial charge in [0.15, 0.2) is 0 Å². The fourth-order valence-electron chi connectivity index (χ4n) is 1.10. The highest BCUT2D eigenvalue weighted by atomic mass is 16.3. The molecule has 0 aliphatic carbocycles. The molecule has 0 unspecified atom stereocenters. The molecule has 15 heavy (non-hydrogen) atoms. The zero-order valence-corrected chi connectivity index (χ0v) is 9.83. The third-order valence-corrected chi connectivity index (χ3v) is 2.94. The molecule has 0 aromatic heterocycles. The van der Waals surface area contributed by atoms with E-state index in [-0.39, 0.29) is 0 Å². The van der Waals surface area contributed by atoms with Gasteiger partial charge in [-0.05, 0) is 39.8 Å². The first kappa shape index (κ1) is 11.9. The van der Waals surface area contributed by atoms with E-state index in [1.165, 1.54) is 0 Å². The molecule has 84 valence electrons. The summed E-state index contributed by atoms with van der Waals surface area (Å²) in [6.07, 6.45) is 0. The van der Waals surface area contributed by atoms with E-state index in [1.54, 1.807) is 13.8 Å². The van der Waals surface area contributed by atoms with E-state index >= 15 is 0 Å². The topological polar surface area (TPSA) is 58.3 Å². The Morgan fingerprint density at radius 1 is 1.13 bits per heavy atom. The second-order valence-corrected chi connectivity index (χ2v) is 4.90. The molecular weight excluding hydrogens is 188 g/mol. The molecule has 1 aromatic carbocycles. The van der Waals surface area contributed by atoms with Gasteiger partial charge < -0.3 is 16.2 Å². The summed E-state index contributed by atoms with van der Waals surface area (Å²) in [6.45, 7) is 7.44. The normalized spacial score (nSPS) is 12.6. The third kappa shape index (κ3) is 2.63. The highest BCUT2D eigenvalue weighted by Gasteiger charge is 2.35. The first-order chi connectivity index (χ1) is 6.74. The Bertz CT molecular complexity index is 340. The molecule has 0 fully saturated rings. The van der Waals surface area contributed by atoms with Crippen molar-refractivity contribution in [2.24, 2.45) is 0 Å². The van der Waals surface area contributed by atoms with Crippen LogP contribution in [-0.4, -0.2) is 16.2 Å². The number of nitrogens with one attached hydrogen (secondary N) is 1. The van der Waals surface area contributed by atoms with Crippen molar-refractivity contribution in [3.63, 3.8) is 0 Å². The summed E-state index contributed by atoms with van der Waals surface area (Å²) in [4.78, 5) is 0. The van der Waals surface area contributed by atoms with Crippen LogP contribution in [0.1, 0.15) is 27.7 Å². The van der Waals surface area contributed by atoms with Crippen LogP contribution in [0.5, 0.6) is 0 Å². The van der Waals surface area contributed by atoms with Crippen LogP contribution in [0.15, 0.2) is 24.3 Å². The Morgan fingerprint density at radius 2 is 1.67 bits per heavy atom. The fourth-order valence-corrected chi connectivity index (χ4v) is 1.10. The maximum absolute atomic E-state index is 9.99. The highest BCUT2D eigenvalue weighted by molar-refractivity contribution is 5.66. The molecule has 0 atom stereocenters. The summed E-state index contributed by atoms with van der Waals surface area (Å²) in [7, 11) is 0. The van der Waals surface area contributed by atoms with Crippen LogP contribution in [0, 0.1) is 0 Å². The molecule has 4 N–H and O–H groups in total. The van der Waals surface area contributed by atoms with Crippen molar-refractivity contribution >= 4 is 11.4 Å². The Labute approximate surface area is 91.3 Å². The predicted octanol–water partition coefficient (Wildman–Crippen LogP) is 2.23.